The number of esters is 2. The van der Waals surface area contributed by atoms with Crippen LogP contribution in [0, 0.1) is 0 Å². The Morgan fingerprint density at radius 1 is 1.10 bits per heavy atom. The number of nitrogens with zero attached hydrogens (tertiary/aromatic N) is 1. The summed E-state index contributed by atoms with van der Waals surface area (Å²) in [5.74, 6) is -0.690. The molecule has 0 atom stereocenters. The second kappa shape index (κ2) is 7.72. The smallest absolute Gasteiger partial charge is 0.340 e. The lowest BCUT2D eigenvalue weighted by molar-refractivity contribution is -0.142. The Morgan fingerprint density at radius 2 is 1.75 bits per heavy atom. The highest BCUT2D eigenvalue weighted by atomic mass is 16.5. The molecule has 0 aromatic carbocycles. The van der Waals surface area contributed by atoms with Crippen molar-refractivity contribution in [2.24, 2.45) is 0 Å². The zero-order valence-corrected chi connectivity index (χ0v) is 12.7. The van der Waals surface area contributed by atoms with E-state index in [1.807, 2.05) is 24.6 Å². The Labute approximate surface area is 119 Å². The summed E-state index contributed by atoms with van der Waals surface area (Å²) >= 11 is 0. The van der Waals surface area contributed by atoms with E-state index in [0.717, 1.165) is 12.0 Å². The highest BCUT2D eigenvalue weighted by Gasteiger charge is 2.23. The maximum atomic E-state index is 12.1. The van der Waals surface area contributed by atoms with E-state index in [1.165, 1.54) is 0 Å². The van der Waals surface area contributed by atoms with E-state index in [1.54, 1.807) is 13.8 Å². The minimum Gasteiger partial charge on any atom is -0.466 e. The maximum Gasteiger partial charge on any atom is 0.340 e. The van der Waals surface area contributed by atoms with Crippen LogP contribution in [0.5, 0.6) is 0 Å². The van der Waals surface area contributed by atoms with Crippen molar-refractivity contribution in [1.29, 1.82) is 0 Å². The SMILES string of the molecule is CCOC(=O)Cc1c(C(=O)OCC)c(CC)cn1CC. The number of aryl methyl sites for hydroxylation is 2. The summed E-state index contributed by atoms with van der Waals surface area (Å²) in [5, 5.41) is 0. The molecule has 0 amide bonds. The summed E-state index contributed by atoms with van der Waals surface area (Å²) in [4.78, 5) is 23.8. The first-order chi connectivity index (χ1) is 9.58. The van der Waals surface area contributed by atoms with Gasteiger partial charge in [-0.3, -0.25) is 4.79 Å². The zero-order valence-electron chi connectivity index (χ0n) is 12.7. The molecule has 0 spiro atoms. The summed E-state index contributed by atoms with van der Waals surface area (Å²) < 4.78 is 12.0. The van der Waals surface area contributed by atoms with Gasteiger partial charge in [-0.15, -0.1) is 0 Å². The maximum absolute atomic E-state index is 12.1. The van der Waals surface area contributed by atoms with Crippen molar-refractivity contribution in [2.45, 2.75) is 47.1 Å². The molecule has 0 aliphatic carbocycles. The van der Waals surface area contributed by atoms with E-state index in [0.29, 0.717) is 31.0 Å². The molecule has 0 N–H and O–H groups in total. The second-order valence-electron chi connectivity index (χ2n) is 4.32. The molecule has 20 heavy (non-hydrogen) atoms. The molecular weight excluding hydrogens is 258 g/mol. The molecule has 1 heterocycles. The van der Waals surface area contributed by atoms with Gasteiger partial charge in [0.05, 0.1) is 25.2 Å². The van der Waals surface area contributed by atoms with Crippen molar-refractivity contribution in [3.63, 3.8) is 0 Å². The van der Waals surface area contributed by atoms with Crippen LogP contribution in [0.3, 0.4) is 0 Å². The molecule has 0 aliphatic rings. The van der Waals surface area contributed by atoms with Crippen molar-refractivity contribution in [2.75, 3.05) is 13.2 Å². The molecule has 0 bridgehead atoms. The second-order valence-corrected chi connectivity index (χ2v) is 4.32. The van der Waals surface area contributed by atoms with E-state index in [2.05, 4.69) is 0 Å². The fourth-order valence-corrected chi connectivity index (χ4v) is 2.20. The Bertz CT molecular complexity index is 476. The predicted molar refractivity (Wildman–Crippen MR) is 75.8 cm³/mol. The van der Waals surface area contributed by atoms with E-state index in [4.69, 9.17) is 9.47 Å². The minimum atomic E-state index is -0.365. The topological polar surface area (TPSA) is 57.5 Å². The van der Waals surface area contributed by atoms with Crippen LogP contribution in [0.2, 0.25) is 0 Å². The lowest BCUT2D eigenvalue weighted by Gasteiger charge is -2.09. The Hall–Kier alpha value is -1.78. The molecule has 0 saturated carbocycles. The number of hydrogen-bond acceptors (Lipinski definition) is 4. The Kier molecular flexibility index (Phi) is 6.28. The zero-order chi connectivity index (χ0) is 15.1. The van der Waals surface area contributed by atoms with Crippen molar-refractivity contribution < 1.29 is 19.1 Å². The number of carbonyl (C=O) groups is 2. The number of aromatic nitrogens is 1. The van der Waals surface area contributed by atoms with Crippen LogP contribution < -0.4 is 0 Å². The molecule has 1 aromatic heterocycles. The highest BCUT2D eigenvalue weighted by molar-refractivity contribution is 5.94. The summed E-state index contributed by atoms with van der Waals surface area (Å²) in [6.45, 7) is 8.83. The van der Waals surface area contributed by atoms with Gasteiger partial charge in [-0.2, -0.15) is 0 Å². The van der Waals surface area contributed by atoms with Crippen molar-refractivity contribution in [3.8, 4) is 0 Å². The molecule has 5 nitrogen and oxygen atoms in total. The molecule has 0 fully saturated rings. The fourth-order valence-electron chi connectivity index (χ4n) is 2.20. The van der Waals surface area contributed by atoms with E-state index in [-0.39, 0.29) is 18.4 Å². The van der Waals surface area contributed by atoms with Gasteiger partial charge in [0.1, 0.15) is 0 Å². The summed E-state index contributed by atoms with van der Waals surface area (Å²) in [6.07, 6.45) is 2.73. The van der Waals surface area contributed by atoms with Crippen LogP contribution in [0.4, 0.5) is 0 Å². The molecule has 1 aromatic rings. The van der Waals surface area contributed by atoms with Gasteiger partial charge >= 0.3 is 11.9 Å². The molecular formula is C15H23NO4. The fraction of sp³-hybridized carbons (Fsp3) is 0.600. The summed E-state index contributed by atoms with van der Waals surface area (Å²) in [7, 11) is 0. The molecule has 0 unspecified atom stereocenters. The third-order valence-electron chi connectivity index (χ3n) is 3.09. The lowest BCUT2D eigenvalue weighted by Crippen LogP contribution is -2.16. The quantitative estimate of drug-likeness (QED) is 0.720. The molecule has 0 saturated heterocycles. The predicted octanol–water partition coefficient (Wildman–Crippen LogP) is 2.35. The van der Waals surface area contributed by atoms with Crippen molar-refractivity contribution in [1.82, 2.24) is 4.57 Å². The van der Waals surface area contributed by atoms with Gasteiger partial charge in [-0.05, 0) is 32.8 Å². The lowest BCUT2D eigenvalue weighted by atomic mass is 10.1. The molecule has 0 aliphatic heterocycles. The van der Waals surface area contributed by atoms with Crippen molar-refractivity contribution >= 4 is 11.9 Å². The largest absolute Gasteiger partial charge is 0.466 e. The van der Waals surface area contributed by atoms with Gasteiger partial charge in [0.15, 0.2) is 0 Å². The first-order valence-corrected chi connectivity index (χ1v) is 7.12. The van der Waals surface area contributed by atoms with Crippen molar-refractivity contribution in [3.05, 3.63) is 23.0 Å². The molecule has 112 valence electrons. The van der Waals surface area contributed by atoms with E-state index >= 15 is 0 Å². The van der Waals surface area contributed by atoms with Gasteiger partial charge in [-0.1, -0.05) is 6.92 Å². The monoisotopic (exact) mass is 281 g/mol. The third kappa shape index (κ3) is 3.62. The Morgan fingerprint density at radius 3 is 2.25 bits per heavy atom. The van der Waals surface area contributed by atoms with E-state index in [9.17, 15) is 9.59 Å². The van der Waals surface area contributed by atoms with Gasteiger partial charge in [0.2, 0.25) is 0 Å². The highest BCUT2D eigenvalue weighted by Crippen LogP contribution is 2.21. The van der Waals surface area contributed by atoms with Gasteiger partial charge in [0.25, 0.3) is 0 Å². The average molecular weight is 281 g/mol. The summed E-state index contributed by atoms with van der Waals surface area (Å²) in [6, 6.07) is 0. The van der Waals surface area contributed by atoms with Crippen LogP contribution in [-0.2, 0) is 33.7 Å². The van der Waals surface area contributed by atoms with Gasteiger partial charge < -0.3 is 14.0 Å². The number of rotatable bonds is 7. The number of carbonyl (C=O) groups excluding carboxylic acids is 2. The van der Waals surface area contributed by atoms with Crippen LogP contribution in [-0.4, -0.2) is 29.7 Å². The number of ether oxygens (including phenoxy) is 2. The molecule has 0 radical (unpaired) electrons. The normalized spacial score (nSPS) is 10.4. The third-order valence-corrected chi connectivity index (χ3v) is 3.09. The standard InChI is InChI=1S/C15H23NO4/c1-5-11-10-16(6-2)12(9-13(17)19-7-3)14(11)15(18)20-8-4/h10H,5-9H2,1-4H3. The summed E-state index contributed by atoms with van der Waals surface area (Å²) in [5.41, 5.74) is 2.11. The van der Waals surface area contributed by atoms with Crippen LogP contribution >= 0.6 is 0 Å². The van der Waals surface area contributed by atoms with Gasteiger partial charge in [0, 0.05) is 18.4 Å². The first kappa shape index (κ1) is 16.3. The number of hydrogen-bond donors (Lipinski definition) is 0. The molecule has 1 rings (SSSR count). The minimum absolute atomic E-state index is 0.0931. The average Bonchev–Trinajstić information content (AvgIpc) is 2.77. The van der Waals surface area contributed by atoms with E-state index < -0.39 is 0 Å². The van der Waals surface area contributed by atoms with Gasteiger partial charge in [-0.25, -0.2) is 4.79 Å². The first-order valence-electron chi connectivity index (χ1n) is 7.12. The van der Waals surface area contributed by atoms with Crippen LogP contribution in [0.1, 0.15) is 49.3 Å². The molecule has 5 heteroatoms. The Balaban J connectivity index is 3.19. The van der Waals surface area contributed by atoms with Crippen LogP contribution in [0.15, 0.2) is 6.20 Å². The van der Waals surface area contributed by atoms with Crippen LogP contribution in [0.25, 0.3) is 0 Å².